The minimum atomic E-state index is -0.513. The summed E-state index contributed by atoms with van der Waals surface area (Å²) in [6.45, 7) is 3.98. The van der Waals surface area contributed by atoms with Crippen LogP contribution in [0.1, 0.15) is 26.2 Å². The summed E-state index contributed by atoms with van der Waals surface area (Å²) >= 11 is 0. The van der Waals surface area contributed by atoms with Crippen molar-refractivity contribution in [3.8, 4) is 0 Å². The second kappa shape index (κ2) is 3.07. The lowest BCUT2D eigenvalue weighted by molar-refractivity contribution is -0.152. The van der Waals surface area contributed by atoms with Gasteiger partial charge in [0.2, 0.25) is 0 Å². The van der Waals surface area contributed by atoms with Crippen LogP contribution in [0.25, 0.3) is 0 Å². The molecule has 3 fully saturated rings. The summed E-state index contributed by atoms with van der Waals surface area (Å²) < 4.78 is 0. The van der Waals surface area contributed by atoms with E-state index in [9.17, 15) is 9.90 Å². The number of carbonyl (C=O) groups excluding carboxylic acids is 1. The second-order valence-corrected chi connectivity index (χ2v) is 4.17. The van der Waals surface area contributed by atoms with Gasteiger partial charge in [-0.3, -0.25) is 9.69 Å². The first-order chi connectivity index (χ1) is 6.24. The zero-order valence-corrected chi connectivity index (χ0v) is 8.12. The SMILES string of the molecule is CCC1(CO)C(=O)C2CCN1CC2. The fourth-order valence-electron chi connectivity index (χ4n) is 2.79. The lowest BCUT2D eigenvalue weighted by Crippen LogP contribution is -2.66. The highest BCUT2D eigenvalue weighted by atomic mass is 16.3. The smallest absolute Gasteiger partial charge is 0.158 e. The Morgan fingerprint density at radius 2 is 2.15 bits per heavy atom. The number of hydrogen-bond acceptors (Lipinski definition) is 3. The van der Waals surface area contributed by atoms with E-state index in [1.165, 1.54) is 0 Å². The number of ketones is 1. The molecule has 3 saturated heterocycles. The number of aliphatic hydroxyl groups is 1. The quantitative estimate of drug-likeness (QED) is 0.674. The molecule has 0 radical (unpaired) electrons. The fourth-order valence-corrected chi connectivity index (χ4v) is 2.79. The van der Waals surface area contributed by atoms with Crippen molar-refractivity contribution in [1.29, 1.82) is 0 Å². The first-order valence-corrected chi connectivity index (χ1v) is 5.15. The fraction of sp³-hybridized carbons (Fsp3) is 0.900. The maximum Gasteiger partial charge on any atom is 0.158 e. The number of Topliss-reactive ketones (excluding diaryl/α,β-unsaturated/α-hetero) is 1. The van der Waals surface area contributed by atoms with E-state index in [1.807, 2.05) is 6.92 Å². The van der Waals surface area contributed by atoms with Gasteiger partial charge in [0.25, 0.3) is 0 Å². The van der Waals surface area contributed by atoms with Crippen LogP contribution in [0.3, 0.4) is 0 Å². The van der Waals surface area contributed by atoms with Gasteiger partial charge >= 0.3 is 0 Å². The Morgan fingerprint density at radius 3 is 2.46 bits per heavy atom. The van der Waals surface area contributed by atoms with Crippen LogP contribution in [0.2, 0.25) is 0 Å². The first-order valence-electron chi connectivity index (χ1n) is 5.15. The van der Waals surface area contributed by atoms with Gasteiger partial charge in [-0.05, 0) is 32.4 Å². The van der Waals surface area contributed by atoms with Gasteiger partial charge in [-0.15, -0.1) is 0 Å². The number of hydrogen-bond donors (Lipinski definition) is 1. The predicted molar refractivity (Wildman–Crippen MR) is 49.4 cm³/mol. The average molecular weight is 183 g/mol. The molecule has 0 aromatic heterocycles. The van der Waals surface area contributed by atoms with E-state index in [0.717, 1.165) is 32.4 Å². The van der Waals surface area contributed by atoms with E-state index in [4.69, 9.17) is 0 Å². The molecule has 1 atom stereocenters. The minimum Gasteiger partial charge on any atom is -0.394 e. The van der Waals surface area contributed by atoms with Crippen LogP contribution in [0.4, 0.5) is 0 Å². The molecule has 13 heavy (non-hydrogen) atoms. The summed E-state index contributed by atoms with van der Waals surface area (Å²) in [6.07, 6.45) is 2.75. The molecule has 3 aliphatic heterocycles. The molecule has 0 spiro atoms. The lowest BCUT2D eigenvalue weighted by Gasteiger charge is -2.51. The largest absolute Gasteiger partial charge is 0.394 e. The standard InChI is InChI=1S/C10H17NO2/c1-2-10(7-12)9(13)8-3-5-11(10)6-4-8/h8,12H,2-7H2,1H3. The molecule has 0 amide bonds. The van der Waals surface area contributed by atoms with E-state index >= 15 is 0 Å². The molecular formula is C10H17NO2. The maximum absolute atomic E-state index is 12.0. The molecule has 0 aromatic rings. The number of aliphatic hydroxyl groups excluding tert-OH is 1. The Morgan fingerprint density at radius 1 is 1.54 bits per heavy atom. The van der Waals surface area contributed by atoms with Crippen molar-refractivity contribution in [3.05, 3.63) is 0 Å². The van der Waals surface area contributed by atoms with Gasteiger partial charge in [-0.1, -0.05) is 6.92 Å². The van der Waals surface area contributed by atoms with Crippen molar-refractivity contribution >= 4 is 5.78 Å². The molecule has 0 saturated carbocycles. The van der Waals surface area contributed by atoms with Crippen LogP contribution < -0.4 is 0 Å². The van der Waals surface area contributed by atoms with Crippen molar-refractivity contribution in [3.63, 3.8) is 0 Å². The van der Waals surface area contributed by atoms with Crippen LogP contribution >= 0.6 is 0 Å². The summed E-state index contributed by atoms with van der Waals surface area (Å²) in [4.78, 5) is 14.1. The molecule has 3 heterocycles. The molecule has 3 rings (SSSR count). The maximum atomic E-state index is 12.0. The third-order valence-corrected chi connectivity index (χ3v) is 3.78. The van der Waals surface area contributed by atoms with Gasteiger partial charge in [0, 0.05) is 5.92 Å². The van der Waals surface area contributed by atoms with Crippen LogP contribution in [-0.4, -0.2) is 41.0 Å². The molecule has 3 nitrogen and oxygen atoms in total. The van der Waals surface area contributed by atoms with E-state index in [0.29, 0.717) is 0 Å². The molecule has 3 aliphatic rings. The third kappa shape index (κ3) is 1.07. The van der Waals surface area contributed by atoms with Crippen molar-refractivity contribution in [2.75, 3.05) is 19.7 Å². The Bertz CT molecular complexity index is 215. The third-order valence-electron chi connectivity index (χ3n) is 3.78. The molecule has 1 unspecified atom stereocenters. The van der Waals surface area contributed by atoms with E-state index in [2.05, 4.69) is 4.90 Å². The Kier molecular flexibility index (Phi) is 2.16. The van der Waals surface area contributed by atoms with Crippen LogP contribution in [0.5, 0.6) is 0 Å². The monoisotopic (exact) mass is 183 g/mol. The van der Waals surface area contributed by atoms with Crippen molar-refractivity contribution in [2.24, 2.45) is 5.92 Å². The Hall–Kier alpha value is -0.410. The molecule has 2 bridgehead atoms. The topological polar surface area (TPSA) is 40.5 Å². The van der Waals surface area contributed by atoms with Gasteiger partial charge < -0.3 is 5.11 Å². The van der Waals surface area contributed by atoms with Crippen molar-refractivity contribution in [1.82, 2.24) is 4.90 Å². The minimum absolute atomic E-state index is 0.00116. The molecular weight excluding hydrogens is 166 g/mol. The first kappa shape index (κ1) is 9.16. The normalized spacial score (nSPS) is 44.0. The Balaban J connectivity index is 2.31. The lowest BCUT2D eigenvalue weighted by atomic mass is 9.72. The number of rotatable bonds is 2. The highest BCUT2D eigenvalue weighted by Crippen LogP contribution is 2.37. The van der Waals surface area contributed by atoms with Crippen LogP contribution in [0, 0.1) is 5.92 Å². The van der Waals surface area contributed by atoms with Gasteiger partial charge in [0.1, 0.15) is 5.54 Å². The molecule has 0 aliphatic carbocycles. The van der Waals surface area contributed by atoms with Crippen molar-refractivity contribution < 1.29 is 9.90 Å². The zero-order chi connectivity index (χ0) is 9.47. The van der Waals surface area contributed by atoms with Gasteiger partial charge in [0.05, 0.1) is 6.61 Å². The van der Waals surface area contributed by atoms with Crippen molar-refractivity contribution in [2.45, 2.75) is 31.7 Å². The van der Waals surface area contributed by atoms with E-state index in [1.54, 1.807) is 0 Å². The molecule has 3 heteroatoms. The summed E-state index contributed by atoms with van der Waals surface area (Å²) in [7, 11) is 0. The van der Waals surface area contributed by atoms with Gasteiger partial charge in [-0.2, -0.15) is 0 Å². The van der Waals surface area contributed by atoms with Gasteiger partial charge in [-0.25, -0.2) is 0 Å². The number of fused-ring (bicyclic) bond motifs is 3. The van der Waals surface area contributed by atoms with Gasteiger partial charge in [0.15, 0.2) is 5.78 Å². The number of piperidine rings is 3. The zero-order valence-electron chi connectivity index (χ0n) is 8.12. The van der Waals surface area contributed by atoms with Crippen LogP contribution in [-0.2, 0) is 4.79 Å². The van der Waals surface area contributed by atoms with Crippen LogP contribution in [0.15, 0.2) is 0 Å². The molecule has 1 N–H and O–H groups in total. The second-order valence-electron chi connectivity index (χ2n) is 4.17. The van der Waals surface area contributed by atoms with E-state index in [-0.39, 0.29) is 18.3 Å². The molecule has 0 aromatic carbocycles. The average Bonchev–Trinajstić information content (AvgIpc) is 2.21. The summed E-state index contributed by atoms with van der Waals surface area (Å²) in [5, 5.41) is 9.37. The van der Waals surface area contributed by atoms with E-state index < -0.39 is 5.54 Å². The summed E-state index contributed by atoms with van der Waals surface area (Å²) in [5.41, 5.74) is -0.513. The highest BCUT2D eigenvalue weighted by Gasteiger charge is 2.51. The predicted octanol–water partition coefficient (Wildman–Crippen LogP) is 0.422. The Labute approximate surface area is 78.7 Å². The summed E-state index contributed by atoms with van der Waals surface area (Å²) in [6, 6.07) is 0. The molecule has 74 valence electrons. The highest BCUT2D eigenvalue weighted by molar-refractivity contribution is 5.92. The number of nitrogens with zero attached hydrogens (tertiary/aromatic N) is 1. The summed E-state index contributed by atoms with van der Waals surface area (Å²) in [5.74, 6) is 0.520. The number of carbonyl (C=O) groups is 1.